The third kappa shape index (κ3) is 3.21. The summed E-state index contributed by atoms with van der Waals surface area (Å²) in [5.74, 6) is 0.830. The first-order chi connectivity index (χ1) is 7.88. The molecule has 0 aliphatic carbocycles. The number of likely N-dealkylation sites (tertiary alicyclic amines) is 1. The zero-order valence-corrected chi connectivity index (χ0v) is 9.94. The fourth-order valence-electron chi connectivity index (χ4n) is 2.61. The third-order valence-electron chi connectivity index (χ3n) is 3.36. The molecule has 0 spiro atoms. The number of piperidine rings is 1. The molecular formula is C15H21N. The molecule has 1 aliphatic heterocycles. The normalized spacial score (nSPS) is 21.9. The number of rotatable bonds is 4. The first-order valence-electron chi connectivity index (χ1n) is 6.25. The Balaban J connectivity index is 1.88. The lowest BCUT2D eigenvalue weighted by Gasteiger charge is -2.32. The van der Waals surface area contributed by atoms with Gasteiger partial charge in [0.25, 0.3) is 0 Å². The number of benzene rings is 1. The first kappa shape index (κ1) is 11.4. The average Bonchev–Trinajstić information content (AvgIpc) is 2.31. The van der Waals surface area contributed by atoms with Crippen LogP contribution in [0.15, 0.2) is 43.0 Å². The van der Waals surface area contributed by atoms with Gasteiger partial charge in [0.05, 0.1) is 0 Å². The van der Waals surface area contributed by atoms with E-state index in [4.69, 9.17) is 0 Å². The molecule has 1 fully saturated rings. The van der Waals surface area contributed by atoms with E-state index >= 15 is 0 Å². The van der Waals surface area contributed by atoms with Crippen LogP contribution in [0.1, 0.15) is 18.4 Å². The quantitative estimate of drug-likeness (QED) is 0.697. The van der Waals surface area contributed by atoms with Crippen LogP contribution in [0.25, 0.3) is 0 Å². The molecule has 1 heteroatoms. The Morgan fingerprint density at radius 3 is 2.88 bits per heavy atom. The second kappa shape index (κ2) is 5.86. The lowest BCUT2D eigenvalue weighted by Crippen LogP contribution is -2.36. The molecule has 1 saturated heterocycles. The molecule has 0 bridgehead atoms. The molecule has 1 aromatic rings. The minimum absolute atomic E-state index is 0.830. The molecule has 1 nitrogen and oxygen atoms in total. The summed E-state index contributed by atoms with van der Waals surface area (Å²) in [5, 5.41) is 0. The summed E-state index contributed by atoms with van der Waals surface area (Å²) < 4.78 is 0. The van der Waals surface area contributed by atoms with Gasteiger partial charge < -0.3 is 0 Å². The predicted molar refractivity (Wildman–Crippen MR) is 69.5 cm³/mol. The molecule has 0 amide bonds. The molecule has 2 rings (SSSR count). The van der Waals surface area contributed by atoms with E-state index in [-0.39, 0.29) is 0 Å². The fourth-order valence-corrected chi connectivity index (χ4v) is 2.61. The number of hydrogen-bond acceptors (Lipinski definition) is 1. The van der Waals surface area contributed by atoms with Gasteiger partial charge in [-0.1, -0.05) is 36.4 Å². The molecule has 1 heterocycles. The van der Waals surface area contributed by atoms with Gasteiger partial charge in [-0.05, 0) is 37.3 Å². The summed E-state index contributed by atoms with van der Waals surface area (Å²) in [4.78, 5) is 2.52. The van der Waals surface area contributed by atoms with Gasteiger partial charge in [-0.3, -0.25) is 4.90 Å². The highest BCUT2D eigenvalue weighted by atomic mass is 15.1. The second-order valence-corrected chi connectivity index (χ2v) is 4.75. The van der Waals surface area contributed by atoms with E-state index in [0.29, 0.717) is 0 Å². The lowest BCUT2D eigenvalue weighted by atomic mass is 9.91. The van der Waals surface area contributed by atoms with E-state index in [1.165, 1.54) is 37.9 Å². The molecule has 0 N–H and O–H groups in total. The van der Waals surface area contributed by atoms with Crippen molar-refractivity contribution in [1.82, 2.24) is 4.90 Å². The molecule has 0 saturated carbocycles. The Kier molecular flexibility index (Phi) is 4.17. The molecule has 16 heavy (non-hydrogen) atoms. The first-order valence-corrected chi connectivity index (χ1v) is 6.25. The van der Waals surface area contributed by atoms with Crippen molar-refractivity contribution < 1.29 is 0 Å². The van der Waals surface area contributed by atoms with Gasteiger partial charge in [-0.2, -0.15) is 0 Å². The van der Waals surface area contributed by atoms with Crippen molar-refractivity contribution >= 4 is 0 Å². The third-order valence-corrected chi connectivity index (χ3v) is 3.36. The van der Waals surface area contributed by atoms with Crippen molar-refractivity contribution in [2.75, 3.05) is 19.6 Å². The van der Waals surface area contributed by atoms with Crippen molar-refractivity contribution in [3.63, 3.8) is 0 Å². The fraction of sp³-hybridized carbons (Fsp3) is 0.467. The predicted octanol–water partition coefficient (Wildman–Crippen LogP) is 3.13. The SMILES string of the molecule is C=CCN1CCCC(Cc2ccccc2)C1. The Hall–Kier alpha value is -1.08. The standard InChI is InChI=1S/C15H21N/c1-2-10-16-11-6-9-15(13-16)12-14-7-4-3-5-8-14/h2-5,7-8,15H,1,6,9-13H2. The van der Waals surface area contributed by atoms with E-state index in [9.17, 15) is 0 Å². The summed E-state index contributed by atoms with van der Waals surface area (Å²) in [6.45, 7) is 7.35. The van der Waals surface area contributed by atoms with Crippen LogP contribution >= 0.6 is 0 Å². The van der Waals surface area contributed by atoms with Crippen molar-refractivity contribution in [3.05, 3.63) is 48.6 Å². The van der Waals surface area contributed by atoms with Gasteiger partial charge in [0, 0.05) is 13.1 Å². The van der Waals surface area contributed by atoms with Gasteiger partial charge >= 0.3 is 0 Å². The second-order valence-electron chi connectivity index (χ2n) is 4.75. The van der Waals surface area contributed by atoms with Crippen LogP contribution < -0.4 is 0 Å². The zero-order chi connectivity index (χ0) is 11.2. The minimum Gasteiger partial charge on any atom is -0.299 e. The Labute approximate surface area is 98.8 Å². The van der Waals surface area contributed by atoms with E-state index in [1.807, 2.05) is 6.08 Å². The van der Waals surface area contributed by atoms with Crippen LogP contribution in [0.3, 0.4) is 0 Å². The largest absolute Gasteiger partial charge is 0.299 e. The minimum atomic E-state index is 0.830. The van der Waals surface area contributed by atoms with E-state index in [1.54, 1.807) is 0 Å². The highest BCUT2D eigenvalue weighted by molar-refractivity contribution is 5.15. The summed E-state index contributed by atoms with van der Waals surface area (Å²) in [5.41, 5.74) is 1.48. The molecule has 1 aromatic carbocycles. The average molecular weight is 215 g/mol. The highest BCUT2D eigenvalue weighted by Crippen LogP contribution is 2.20. The van der Waals surface area contributed by atoms with E-state index in [0.717, 1.165) is 12.5 Å². The molecular weight excluding hydrogens is 194 g/mol. The maximum absolute atomic E-state index is 3.82. The summed E-state index contributed by atoms with van der Waals surface area (Å²) in [6.07, 6.45) is 5.97. The lowest BCUT2D eigenvalue weighted by molar-refractivity contribution is 0.190. The molecule has 86 valence electrons. The Morgan fingerprint density at radius 2 is 2.12 bits per heavy atom. The Bertz CT molecular complexity index is 317. The smallest absolute Gasteiger partial charge is 0.0160 e. The molecule has 0 aromatic heterocycles. The monoisotopic (exact) mass is 215 g/mol. The molecule has 0 radical (unpaired) electrons. The zero-order valence-electron chi connectivity index (χ0n) is 9.94. The maximum Gasteiger partial charge on any atom is 0.0160 e. The van der Waals surface area contributed by atoms with Crippen LogP contribution in [-0.2, 0) is 6.42 Å². The van der Waals surface area contributed by atoms with Gasteiger partial charge in [0.1, 0.15) is 0 Å². The van der Waals surface area contributed by atoms with Crippen LogP contribution in [0.5, 0.6) is 0 Å². The Morgan fingerprint density at radius 1 is 1.31 bits per heavy atom. The molecule has 1 atom stereocenters. The van der Waals surface area contributed by atoms with Gasteiger partial charge in [-0.15, -0.1) is 6.58 Å². The van der Waals surface area contributed by atoms with Gasteiger partial charge in [-0.25, -0.2) is 0 Å². The van der Waals surface area contributed by atoms with Crippen molar-refractivity contribution in [1.29, 1.82) is 0 Å². The highest BCUT2D eigenvalue weighted by Gasteiger charge is 2.18. The summed E-state index contributed by atoms with van der Waals surface area (Å²) >= 11 is 0. The maximum atomic E-state index is 3.82. The topological polar surface area (TPSA) is 3.24 Å². The van der Waals surface area contributed by atoms with E-state index < -0.39 is 0 Å². The van der Waals surface area contributed by atoms with Crippen molar-refractivity contribution in [2.45, 2.75) is 19.3 Å². The van der Waals surface area contributed by atoms with Crippen molar-refractivity contribution in [2.24, 2.45) is 5.92 Å². The summed E-state index contributed by atoms with van der Waals surface area (Å²) in [6, 6.07) is 10.9. The number of hydrogen-bond donors (Lipinski definition) is 0. The number of nitrogens with zero attached hydrogens (tertiary/aromatic N) is 1. The van der Waals surface area contributed by atoms with Crippen LogP contribution in [0, 0.1) is 5.92 Å². The van der Waals surface area contributed by atoms with Crippen LogP contribution in [-0.4, -0.2) is 24.5 Å². The van der Waals surface area contributed by atoms with Crippen LogP contribution in [0.4, 0.5) is 0 Å². The summed E-state index contributed by atoms with van der Waals surface area (Å²) in [7, 11) is 0. The van der Waals surface area contributed by atoms with Gasteiger partial charge in [0.15, 0.2) is 0 Å². The van der Waals surface area contributed by atoms with Crippen LogP contribution in [0.2, 0.25) is 0 Å². The molecule has 1 unspecified atom stereocenters. The molecule has 1 aliphatic rings. The van der Waals surface area contributed by atoms with Crippen molar-refractivity contribution in [3.8, 4) is 0 Å². The van der Waals surface area contributed by atoms with E-state index in [2.05, 4.69) is 41.8 Å². The van der Waals surface area contributed by atoms with Gasteiger partial charge in [0.2, 0.25) is 0 Å².